The zero-order valence-electron chi connectivity index (χ0n) is 24.6. The van der Waals surface area contributed by atoms with Crippen LogP contribution in [-0.2, 0) is 20.6 Å². The number of nitrogens with zero attached hydrogens (tertiary/aromatic N) is 2. The molecule has 1 saturated carbocycles. The maximum atomic E-state index is 14.2. The van der Waals surface area contributed by atoms with E-state index in [0.29, 0.717) is 24.5 Å². The molecule has 0 bridgehead atoms. The number of aliphatic carboxylic acids is 1. The lowest BCUT2D eigenvalue weighted by atomic mass is 10.0. The molecule has 3 N–H and O–H groups in total. The molecule has 1 aliphatic carbocycles. The van der Waals surface area contributed by atoms with Crippen molar-refractivity contribution in [2.24, 2.45) is 5.92 Å². The molecule has 14 heteroatoms. The van der Waals surface area contributed by atoms with Gasteiger partial charge in [0.25, 0.3) is 5.19 Å². The Morgan fingerprint density at radius 1 is 1.17 bits per heavy atom. The standard InChI is InChI=1S/C32H32BrF3N4O5S/c33-20-11-12-23-26(14-20)46-30(38-23)45-22-15-25-27(41)39-31(29(43)44)16-19(31)7-4-2-1-3-5-10-24(28(42)40(25)17-22)37-21-9-6-8-18(13-21)32(34,35)36/h4,6-9,11-14,19,22,24-25,37H,1-3,5,10,15-17H2,(H,39,41)(H,43,44)/t19-,22-,24+,25+,31-/m1/s1. The predicted octanol–water partition coefficient (Wildman–Crippen LogP) is 6.39. The predicted molar refractivity (Wildman–Crippen MR) is 170 cm³/mol. The number of amides is 2. The SMILES string of the molecule is O=C1N[C@]2(C(=O)O)C[C@H]2C=CCCCCC[C@H](Nc2cccc(C(F)(F)F)c2)C(=O)N2C[C@H](Oc3nc4ccc(Br)cc4s3)C[C@@H]12. The van der Waals surface area contributed by atoms with Crippen LogP contribution >= 0.6 is 27.3 Å². The molecule has 0 spiro atoms. The summed E-state index contributed by atoms with van der Waals surface area (Å²) < 4.78 is 48.4. The second-order valence-corrected chi connectivity index (χ2v) is 13.9. The Morgan fingerprint density at radius 3 is 2.78 bits per heavy atom. The Kier molecular flexibility index (Phi) is 9.03. The number of hydrogen-bond acceptors (Lipinski definition) is 7. The monoisotopic (exact) mass is 720 g/mol. The average molecular weight is 722 g/mol. The highest BCUT2D eigenvalue weighted by molar-refractivity contribution is 9.10. The molecule has 3 heterocycles. The quantitative estimate of drug-likeness (QED) is 0.262. The first-order chi connectivity index (χ1) is 21.9. The van der Waals surface area contributed by atoms with E-state index in [1.807, 2.05) is 30.4 Å². The number of rotatable bonds is 5. The third-order valence-electron chi connectivity index (χ3n) is 8.75. The van der Waals surface area contributed by atoms with E-state index in [1.54, 1.807) is 0 Å². The fourth-order valence-electron chi connectivity index (χ4n) is 6.20. The van der Waals surface area contributed by atoms with Gasteiger partial charge in [0.05, 0.1) is 22.3 Å². The number of alkyl halides is 3. The van der Waals surface area contributed by atoms with E-state index in [9.17, 15) is 32.7 Å². The summed E-state index contributed by atoms with van der Waals surface area (Å²) in [6, 6.07) is 8.29. The number of benzene rings is 2. The number of carbonyl (C=O) groups is 3. The molecule has 3 aromatic rings. The van der Waals surface area contributed by atoms with E-state index in [1.165, 1.54) is 28.4 Å². The smallest absolute Gasteiger partial charge is 0.416 e. The molecule has 2 amide bonds. The highest BCUT2D eigenvalue weighted by Gasteiger charge is 2.61. The Hall–Kier alpha value is -3.65. The minimum absolute atomic E-state index is 0.0146. The van der Waals surface area contributed by atoms with Crippen LogP contribution in [0, 0.1) is 5.92 Å². The summed E-state index contributed by atoms with van der Waals surface area (Å²) in [5, 5.41) is 16.2. The number of ether oxygens (including phenoxy) is 1. The lowest BCUT2D eigenvalue weighted by Crippen LogP contribution is -2.55. The number of hydrogen-bond donors (Lipinski definition) is 3. The second kappa shape index (κ2) is 12.9. The van der Waals surface area contributed by atoms with Gasteiger partial charge >= 0.3 is 12.1 Å². The van der Waals surface area contributed by atoms with Crippen LogP contribution in [0.5, 0.6) is 5.19 Å². The molecule has 2 aliphatic heterocycles. The lowest BCUT2D eigenvalue weighted by molar-refractivity contribution is -0.145. The van der Waals surface area contributed by atoms with Gasteiger partial charge in [-0.15, -0.1) is 0 Å². The zero-order valence-corrected chi connectivity index (χ0v) is 27.0. The number of carbonyl (C=O) groups excluding carboxylic acids is 2. The first-order valence-corrected chi connectivity index (χ1v) is 16.7. The summed E-state index contributed by atoms with van der Waals surface area (Å²) in [4.78, 5) is 46.3. The molecule has 0 radical (unpaired) electrons. The summed E-state index contributed by atoms with van der Waals surface area (Å²) in [7, 11) is 0. The van der Waals surface area contributed by atoms with Crippen molar-refractivity contribution in [3.05, 3.63) is 64.7 Å². The van der Waals surface area contributed by atoms with Gasteiger partial charge in [-0.1, -0.05) is 58.3 Å². The molecule has 2 fully saturated rings. The Labute approximate surface area is 275 Å². The van der Waals surface area contributed by atoms with Crippen LogP contribution in [0.4, 0.5) is 18.9 Å². The number of thiazole rings is 1. The van der Waals surface area contributed by atoms with Crippen molar-refractivity contribution in [2.75, 3.05) is 11.9 Å². The third kappa shape index (κ3) is 6.87. The average Bonchev–Trinajstić information content (AvgIpc) is 3.32. The van der Waals surface area contributed by atoms with Gasteiger partial charge in [-0.05, 0) is 62.1 Å². The van der Waals surface area contributed by atoms with Crippen LogP contribution in [0.3, 0.4) is 0 Å². The van der Waals surface area contributed by atoms with Crippen LogP contribution in [0.2, 0.25) is 0 Å². The van der Waals surface area contributed by atoms with Crippen molar-refractivity contribution in [1.82, 2.24) is 15.2 Å². The van der Waals surface area contributed by atoms with E-state index < -0.39 is 53.2 Å². The number of halogens is 4. The Balaban J connectivity index is 1.30. The molecule has 3 aliphatic rings. The molecule has 1 aromatic heterocycles. The molecule has 1 saturated heterocycles. The van der Waals surface area contributed by atoms with Gasteiger partial charge < -0.3 is 25.4 Å². The second-order valence-electron chi connectivity index (χ2n) is 12.0. The highest BCUT2D eigenvalue weighted by Crippen LogP contribution is 2.45. The fraction of sp³-hybridized carbons (Fsp3) is 0.438. The molecule has 46 heavy (non-hydrogen) atoms. The van der Waals surface area contributed by atoms with Crippen LogP contribution in [0.15, 0.2) is 59.1 Å². The summed E-state index contributed by atoms with van der Waals surface area (Å²) in [5.74, 6) is -2.59. The number of aromatic nitrogens is 1. The van der Waals surface area contributed by atoms with Gasteiger partial charge in [-0.3, -0.25) is 9.59 Å². The Bertz CT molecular complexity index is 1680. The van der Waals surface area contributed by atoms with Gasteiger partial charge in [0.2, 0.25) is 11.8 Å². The maximum Gasteiger partial charge on any atom is 0.416 e. The van der Waals surface area contributed by atoms with Crippen LogP contribution in [0.25, 0.3) is 10.2 Å². The minimum Gasteiger partial charge on any atom is -0.479 e. The number of carboxylic acid groups (broad SMARTS) is 1. The number of nitrogens with one attached hydrogen (secondary N) is 2. The number of anilines is 1. The van der Waals surface area contributed by atoms with E-state index in [0.717, 1.165) is 39.7 Å². The molecule has 2 aromatic carbocycles. The summed E-state index contributed by atoms with van der Waals surface area (Å²) in [5.41, 5.74) is -1.45. The molecule has 9 nitrogen and oxygen atoms in total. The molecule has 6 rings (SSSR count). The topological polar surface area (TPSA) is 121 Å². The molecular formula is C32H32BrF3N4O5S. The lowest BCUT2D eigenvalue weighted by Gasteiger charge is -2.30. The number of fused-ring (bicyclic) bond motifs is 3. The third-order valence-corrected chi connectivity index (χ3v) is 10.2. The first-order valence-electron chi connectivity index (χ1n) is 15.1. The summed E-state index contributed by atoms with van der Waals surface area (Å²) >= 11 is 4.76. The molecular weight excluding hydrogens is 689 g/mol. The molecule has 244 valence electrons. The van der Waals surface area contributed by atoms with Crippen molar-refractivity contribution in [2.45, 2.75) is 74.8 Å². The van der Waals surface area contributed by atoms with Crippen molar-refractivity contribution >= 4 is 61.0 Å². The van der Waals surface area contributed by atoms with E-state index in [4.69, 9.17) is 4.74 Å². The van der Waals surface area contributed by atoms with Crippen LogP contribution in [-0.4, -0.2) is 63.0 Å². The van der Waals surface area contributed by atoms with Crippen molar-refractivity contribution in [1.29, 1.82) is 0 Å². The first kappa shape index (κ1) is 32.3. The van der Waals surface area contributed by atoms with Crippen LogP contribution in [0.1, 0.15) is 50.5 Å². The number of allylic oxidation sites excluding steroid dienone is 1. The normalized spacial score (nSPS) is 27.3. The van der Waals surface area contributed by atoms with Crippen LogP contribution < -0.4 is 15.4 Å². The summed E-state index contributed by atoms with van der Waals surface area (Å²) in [6.45, 7) is 0.0146. The minimum atomic E-state index is -4.56. The van der Waals surface area contributed by atoms with Crippen molar-refractivity contribution in [3.63, 3.8) is 0 Å². The molecule has 0 unspecified atom stereocenters. The van der Waals surface area contributed by atoms with E-state index in [-0.39, 0.29) is 31.0 Å². The van der Waals surface area contributed by atoms with Gasteiger partial charge in [-0.25, -0.2) is 9.78 Å². The van der Waals surface area contributed by atoms with Gasteiger partial charge in [0.1, 0.15) is 23.7 Å². The number of carboxylic acids is 1. The van der Waals surface area contributed by atoms with Gasteiger partial charge in [0, 0.05) is 22.5 Å². The maximum absolute atomic E-state index is 14.2. The van der Waals surface area contributed by atoms with E-state index >= 15 is 0 Å². The highest BCUT2D eigenvalue weighted by atomic mass is 79.9. The van der Waals surface area contributed by atoms with Gasteiger partial charge in [0.15, 0.2) is 0 Å². The summed E-state index contributed by atoms with van der Waals surface area (Å²) in [6.07, 6.45) is 2.09. The van der Waals surface area contributed by atoms with Gasteiger partial charge in [-0.2, -0.15) is 13.2 Å². The van der Waals surface area contributed by atoms with Crippen molar-refractivity contribution in [3.8, 4) is 5.19 Å². The molecule has 5 atom stereocenters. The zero-order chi connectivity index (χ0) is 32.6. The van der Waals surface area contributed by atoms with E-state index in [2.05, 4.69) is 31.5 Å². The largest absolute Gasteiger partial charge is 0.479 e. The fourth-order valence-corrected chi connectivity index (χ4v) is 7.64. The Morgan fingerprint density at radius 2 is 2.00 bits per heavy atom. The van der Waals surface area contributed by atoms with Crippen molar-refractivity contribution < 1.29 is 37.4 Å².